The Hall–Kier alpha value is -4.11. The molecule has 0 spiro atoms. The maximum absolute atomic E-state index is 12.5. The SMILES string of the molecule is COC(=O)c1cccc(-n2c(C)cc(/C=C(\C#N)C(=O)NCc3ccccc3)c2C)c1. The number of esters is 1. The van der Waals surface area contributed by atoms with Gasteiger partial charge in [0.2, 0.25) is 0 Å². The molecule has 0 saturated carbocycles. The molecule has 1 heterocycles. The largest absolute Gasteiger partial charge is 0.465 e. The summed E-state index contributed by atoms with van der Waals surface area (Å²) in [4.78, 5) is 24.4. The van der Waals surface area contributed by atoms with Crippen LogP contribution in [0.5, 0.6) is 0 Å². The van der Waals surface area contributed by atoms with Crippen LogP contribution in [0.15, 0.2) is 66.2 Å². The lowest BCUT2D eigenvalue weighted by molar-refractivity contribution is -0.117. The molecule has 0 atom stereocenters. The van der Waals surface area contributed by atoms with Gasteiger partial charge in [-0.1, -0.05) is 36.4 Å². The fourth-order valence-corrected chi connectivity index (χ4v) is 3.40. The second-order valence-corrected chi connectivity index (χ2v) is 7.04. The first-order chi connectivity index (χ1) is 14.9. The minimum Gasteiger partial charge on any atom is -0.465 e. The summed E-state index contributed by atoms with van der Waals surface area (Å²) in [7, 11) is 1.34. The van der Waals surface area contributed by atoms with Gasteiger partial charge >= 0.3 is 5.97 Å². The zero-order chi connectivity index (χ0) is 22.4. The van der Waals surface area contributed by atoms with Gasteiger partial charge in [0.25, 0.3) is 5.91 Å². The molecule has 0 bridgehead atoms. The van der Waals surface area contributed by atoms with Crippen LogP contribution in [0.2, 0.25) is 0 Å². The zero-order valence-electron chi connectivity index (χ0n) is 17.7. The molecule has 6 heteroatoms. The molecule has 156 valence electrons. The van der Waals surface area contributed by atoms with Crippen LogP contribution in [0.1, 0.15) is 32.9 Å². The van der Waals surface area contributed by atoms with Crippen molar-refractivity contribution in [2.45, 2.75) is 20.4 Å². The molecule has 1 N–H and O–H groups in total. The number of carbonyl (C=O) groups is 2. The first kappa shape index (κ1) is 21.6. The average Bonchev–Trinajstić information content (AvgIpc) is 3.08. The number of aryl methyl sites for hydroxylation is 1. The van der Waals surface area contributed by atoms with Gasteiger partial charge in [-0.05, 0) is 55.3 Å². The molecule has 0 fully saturated rings. The number of benzene rings is 2. The number of ether oxygens (including phenoxy) is 1. The summed E-state index contributed by atoms with van der Waals surface area (Å²) in [6.45, 7) is 4.18. The fourth-order valence-electron chi connectivity index (χ4n) is 3.40. The van der Waals surface area contributed by atoms with Crippen LogP contribution < -0.4 is 5.32 Å². The van der Waals surface area contributed by atoms with E-state index in [4.69, 9.17) is 4.74 Å². The molecule has 3 rings (SSSR count). The molecule has 2 aromatic carbocycles. The van der Waals surface area contributed by atoms with Gasteiger partial charge in [0.15, 0.2) is 0 Å². The minimum atomic E-state index is -0.427. The summed E-state index contributed by atoms with van der Waals surface area (Å²) in [6.07, 6.45) is 1.59. The summed E-state index contributed by atoms with van der Waals surface area (Å²) in [6, 6.07) is 20.5. The van der Waals surface area contributed by atoms with Crippen LogP contribution in [-0.2, 0) is 16.1 Å². The van der Waals surface area contributed by atoms with Crippen LogP contribution >= 0.6 is 0 Å². The predicted octanol–water partition coefficient (Wildman–Crippen LogP) is 4.10. The highest BCUT2D eigenvalue weighted by atomic mass is 16.5. The van der Waals surface area contributed by atoms with Crippen molar-refractivity contribution in [3.8, 4) is 11.8 Å². The highest BCUT2D eigenvalue weighted by Gasteiger charge is 2.15. The van der Waals surface area contributed by atoms with Crippen molar-refractivity contribution in [2.24, 2.45) is 0 Å². The van der Waals surface area contributed by atoms with E-state index >= 15 is 0 Å². The number of hydrogen-bond donors (Lipinski definition) is 1. The van der Waals surface area contributed by atoms with Gasteiger partial charge in [0.05, 0.1) is 12.7 Å². The molecule has 1 aromatic heterocycles. The van der Waals surface area contributed by atoms with Gasteiger partial charge in [-0.25, -0.2) is 4.79 Å². The van der Waals surface area contributed by atoms with E-state index in [2.05, 4.69) is 5.32 Å². The molecule has 1 amide bonds. The van der Waals surface area contributed by atoms with Gasteiger partial charge in [-0.2, -0.15) is 5.26 Å². The smallest absolute Gasteiger partial charge is 0.337 e. The number of aromatic nitrogens is 1. The van der Waals surface area contributed by atoms with Crippen molar-refractivity contribution in [2.75, 3.05) is 7.11 Å². The van der Waals surface area contributed by atoms with E-state index in [0.29, 0.717) is 12.1 Å². The van der Waals surface area contributed by atoms with Crippen LogP contribution in [-0.4, -0.2) is 23.6 Å². The van der Waals surface area contributed by atoms with Gasteiger partial charge in [-0.3, -0.25) is 4.79 Å². The van der Waals surface area contributed by atoms with Crippen molar-refractivity contribution in [1.82, 2.24) is 9.88 Å². The van der Waals surface area contributed by atoms with E-state index in [1.54, 1.807) is 24.3 Å². The van der Waals surface area contributed by atoms with Gasteiger partial charge in [0, 0.05) is 23.6 Å². The molecule has 0 aliphatic rings. The zero-order valence-corrected chi connectivity index (χ0v) is 17.7. The Balaban J connectivity index is 1.88. The Kier molecular flexibility index (Phi) is 6.68. The molecule has 31 heavy (non-hydrogen) atoms. The van der Waals surface area contributed by atoms with Crippen molar-refractivity contribution < 1.29 is 14.3 Å². The molecule has 0 saturated heterocycles. The first-order valence-corrected chi connectivity index (χ1v) is 9.76. The second-order valence-electron chi connectivity index (χ2n) is 7.04. The Bertz CT molecular complexity index is 1180. The monoisotopic (exact) mass is 413 g/mol. The predicted molar refractivity (Wildman–Crippen MR) is 118 cm³/mol. The maximum Gasteiger partial charge on any atom is 0.337 e. The van der Waals surface area contributed by atoms with Gasteiger partial charge in [-0.15, -0.1) is 0 Å². The third kappa shape index (κ3) is 4.90. The van der Waals surface area contributed by atoms with Crippen molar-refractivity contribution >= 4 is 18.0 Å². The van der Waals surface area contributed by atoms with Crippen molar-refractivity contribution in [3.05, 3.63) is 94.3 Å². The lowest BCUT2D eigenvalue weighted by Crippen LogP contribution is -2.23. The van der Waals surface area contributed by atoms with Crippen LogP contribution in [0.4, 0.5) is 0 Å². The highest BCUT2D eigenvalue weighted by molar-refractivity contribution is 6.01. The summed E-state index contributed by atoms with van der Waals surface area (Å²) in [5.41, 5.74) is 4.74. The number of amides is 1. The number of rotatable bonds is 6. The third-order valence-corrected chi connectivity index (χ3v) is 4.96. The molecular formula is C25H23N3O3. The van der Waals surface area contributed by atoms with E-state index in [-0.39, 0.29) is 5.57 Å². The van der Waals surface area contributed by atoms with Gasteiger partial charge < -0.3 is 14.6 Å². The van der Waals surface area contributed by atoms with Crippen LogP contribution in [0, 0.1) is 25.2 Å². The Labute approximate surface area is 181 Å². The van der Waals surface area contributed by atoms with Crippen molar-refractivity contribution in [1.29, 1.82) is 5.26 Å². The normalized spacial score (nSPS) is 11.0. The van der Waals surface area contributed by atoms with E-state index in [1.165, 1.54) is 7.11 Å². The molecule has 0 aliphatic heterocycles. The first-order valence-electron chi connectivity index (χ1n) is 9.76. The number of nitriles is 1. The molecule has 0 radical (unpaired) electrons. The van der Waals surface area contributed by atoms with Gasteiger partial charge in [0.1, 0.15) is 11.6 Å². The molecule has 6 nitrogen and oxygen atoms in total. The van der Waals surface area contributed by atoms with E-state index < -0.39 is 11.9 Å². The Morgan fingerprint density at radius 2 is 1.84 bits per heavy atom. The minimum absolute atomic E-state index is 0.0273. The molecule has 0 aliphatic carbocycles. The van der Waals surface area contributed by atoms with E-state index in [0.717, 1.165) is 28.2 Å². The molecule has 3 aromatic rings. The standard InChI is InChI=1S/C25H23N3O3/c1-17-12-21(13-22(15-26)24(29)27-16-19-8-5-4-6-9-19)18(2)28(17)23-11-7-10-20(14-23)25(30)31-3/h4-14H,16H2,1-3H3,(H,27,29)/b22-13+. The lowest BCUT2D eigenvalue weighted by Gasteiger charge is -2.11. The topological polar surface area (TPSA) is 84.1 Å². The third-order valence-electron chi connectivity index (χ3n) is 4.96. The number of carbonyl (C=O) groups excluding carboxylic acids is 2. The Morgan fingerprint density at radius 1 is 1.10 bits per heavy atom. The number of nitrogens with one attached hydrogen (secondary N) is 1. The fraction of sp³-hybridized carbons (Fsp3) is 0.160. The number of hydrogen-bond acceptors (Lipinski definition) is 4. The quantitative estimate of drug-likeness (QED) is 0.375. The molecular weight excluding hydrogens is 390 g/mol. The van der Waals surface area contributed by atoms with E-state index in [1.807, 2.05) is 66.9 Å². The van der Waals surface area contributed by atoms with E-state index in [9.17, 15) is 14.9 Å². The summed E-state index contributed by atoms with van der Waals surface area (Å²) < 4.78 is 6.77. The summed E-state index contributed by atoms with van der Waals surface area (Å²) in [5, 5.41) is 12.3. The summed E-state index contributed by atoms with van der Waals surface area (Å²) >= 11 is 0. The molecule has 0 unspecified atom stereocenters. The Morgan fingerprint density at radius 3 is 2.52 bits per heavy atom. The van der Waals surface area contributed by atoms with Crippen LogP contribution in [0.25, 0.3) is 11.8 Å². The number of nitrogens with zero attached hydrogens (tertiary/aromatic N) is 2. The average molecular weight is 413 g/mol. The number of methoxy groups -OCH3 is 1. The highest BCUT2D eigenvalue weighted by Crippen LogP contribution is 2.23. The van der Waals surface area contributed by atoms with Crippen molar-refractivity contribution in [3.63, 3.8) is 0 Å². The lowest BCUT2D eigenvalue weighted by atomic mass is 10.1. The van der Waals surface area contributed by atoms with Crippen LogP contribution in [0.3, 0.4) is 0 Å². The summed E-state index contributed by atoms with van der Waals surface area (Å²) in [5.74, 6) is -0.838. The maximum atomic E-state index is 12.5. The second kappa shape index (κ2) is 9.59.